The molecule has 2 rings (SSSR count). The van der Waals surface area contributed by atoms with E-state index in [0.29, 0.717) is 0 Å². The molecule has 0 atom stereocenters. The number of benzene rings is 1. The van der Waals surface area contributed by atoms with Gasteiger partial charge in [-0.05, 0) is 56.4 Å². The standard InChI is InChI=1S/C16H21BO3.C2H6/c1-7-11-9-12(18)10-14(13(11)8-2)17-19-15(3,4)16(5,6)20-17;1-2/h7-10,18H,1-2H2,3-6H3;1-2H3. The van der Waals surface area contributed by atoms with Gasteiger partial charge >= 0.3 is 7.12 Å². The van der Waals surface area contributed by atoms with Crippen LogP contribution in [0.2, 0.25) is 0 Å². The SMILES string of the molecule is C=Cc1cc(O)cc(B2OC(C)(C)C(C)(C)O2)c1C=C.CC. The normalized spacial score (nSPS) is 18.4. The summed E-state index contributed by atoms with van der Waals surface area (Å²) in [6.07, 6.45) is 3.42. The highest BCUT2D eigenvalue weighted by atomic mass is 16.7. The van der Waals surface area contributed by atoms with Crippen LogP contribution in [-0.4, -0.2) is 23.4 Å². The molecule has 1 aliphatic rings. The van der Waals surface area contributed by atoms with Gasteiger partial charge in [0.05, 0.1) is 11.2 Å². The van der Waals surface area contributed by atoms with Gasteiger partial charge in [-0.2, -0.15) is 0 Å². The van der Waals surface area contributed by atoms with Crippen molar-refractivity contribution in [1.82, 2.24) is 0 Å². The number of hydrogen-bond donors (Lipinski definition) is 1. The van der Waals surface area contributed by atoms with Gasteiger partial charge in [-0.25, -0.2) is 0 Å². The van der Waals surface area contributed by atoms with Gasteiger partial charge < -0.3 is 14.4 Å². The zero-order valence-electron chi connectivity index (χ0n) is 14.6. The smallest absolute Gasteiger partial charge is 0.495 e. The maximum absolute atomic E-state index is 9.87. The van der Waals surface area contributed by atoms with E-state index in [4.69, 9.17) is 9.31 Å². The van der Waals surface area contributed by atoms with Crippen LogP contribution in [0.3, 0.4) is 0 Å². The first-order valence-electron chi connectivity index (χ1n) is 7.69. The summed E-state index contributed by atoms with van der Waals surface area (Å²) in [5.41, 5.74) is 1.61. The summed E-state index contributed by atoms with van der Waals surface area (Å²) in [4.78, 5) is 0. The van der Waals surface area contributed by atoms with Crippen molar-refractivity contribution in [3.8, 4) is 5.75 Å². The summed E-state index contributed by atoms with van der Waals surface area (Å²) in [6, 6.07) is 3.31. The fourth-order valence-electron chi connectivity index (χ4n) is 2.25. The van der Waals surface area contributed by atoms with E-state index in [1.165, 1.54) is 0 Å². The van der Waals surface area contributed by atoms with Gasteiger partial charge in [-0.1, -0.05) is 39.2 Å². The van der Waals surface area contributed by atoms with Gasteiger partial charge in [0.2, 0.25) is 0 Å². The summed E-state index contributed by atoms with van der Waals surface area (Å²) in [5.74, 6) is 0.162. The van der Waals surface area contributed by atoms with Crippen molar-refractivity contribution in [2.75, 3.05) is 0 Å². The minimum atomic E-state index is -0.529. The Hall–Kier alpha value is -1.52. The van der Waals surface area contributed by atoms with E-state index < -0.39 is 18.3 Å². The van der Waals surface area contributed by atoms with E-state index in [1.807, 2.05) is 41.5 Å². The second-order valence-corrected chi connectivity index (χ2v) is 6.03. The largest absolute Gasteiger partial charge is 0.508 e. The molecule has 120 valence electrons. The lowest BCUT2D eigenvalue weighted by atomic mass is 9.74. The molecular formula is C18H27BO3. The minimum absolute atomic E-state index is 0.162. The first-order chi connectivity index (χ1) is 10.2. The number of rotatable bonds is 3. The Balaban J connectivity index is 0.00000116. The predicted molar refractivity (Wildman–Crippen MR) is 95.4 cm³/mol. The molecule has 0 aliphatic carbocycles. The third-order valence-corrected chi connectivity index (χ3v) is 4.16. The first kappa shape index (κ1) is 18.5. The van der Waals surface area contributed by atoms with Crippen LogP contribution in [0, 0.1) is 0 Å². The van der Waals surface area contributed by atoms with Crippen LogP contribution in [0.1, 0.15) is 52.7 Å². The average molecular weight is 302 g/mol. The fourth-order valence-corrected chi connectivity index (χ4v) is 2.25. The molecule has 1 aromatic carbocycles. The Morgan fingerprint density at radius 3 is 1.91 bits per heavy atom. The average Bonchev–Trinajstić information content (AvgIpc) is 2.68. The van der Waals surface area contributed by atoms with Gasteiger partial charge in [0.15, 0.2) is 0 Å². The van der Waals surface area contributed by atoms with Crippen molar-refractivity contribution >= 4 is 24.7 Å². The highest BCUT2D eigenvalue weighted by molar-refractivity contribution is 6.63. The van der Waals surface area contributed by atoms with Crippen LogP contribution >= 0.6 is 0 Å². The topological polar surface area (TPSA) is 38.7 Å². The van der Waals surface area contributed by atoms with E-state index in [0.717, 1.165) is 16.6 Å². The predicted octanol–water partition coefficient (Wildman–Crippen LogP) is 4.00. The Bertz CT molecular complexity index is 546. The van der Waals surface area contributed by atoms with Gasteiger partial charge in [-0.15, -0.1) is 0 Å². The van der Waals surface area contributed by atoms with E-state index in [2.05, 4.69) is 13.2 Å². The molecule has 1 aliphatic heterocycles. The summed E-state index contributed by atoms with van der Waals surface area (Å²) < 4.78 is 12.1. The van der Waals surface area contributed by atoms with Crippen molar-refractivity contribution in [1.29, 1.82) is 0 Å². The molecule has 0 unspecified atom stereocenters. The van der Waals surface area contributed by atoms with Crippen LogP contribution in [0.5, 0.6) is 5.75 Å². The lowest BCUT2D eigenvalue weighted by molar-refractivity contribution is 0.00578. The molecule has 1 saturated heterocycles. The van der Waals surface area contributed by atoms with Crippen LogP contribution in [0.15, 0.2) is 25.3 Å². The molecule has 0 bridgehead atoms. The number of aromatic hydroxyl groups is 1. The van der Waals surface area contributed by atoms with Crippen molar-refractivity contribution in [3.05, 3.63) is 36.4 Å². The molecule has 0 amide bonds. The monoisotopic (exact) mass is 302 g/mol. The zero-order chi connectivity index (χ0) is 17.1. The summed E-state index contributed by atoms with van der Waals surface area (Å²) in [6.45, 7) is 19.6. The van der Waals surface area contributed by atoms with Gasteiger partial charge in [0, 0.05) is 0 Å². The maximum atomic E-state index is 9.87. The lowest BCUT2D eigenvalue weighted by Gasteiger charge is -2.32. The van der Waals surface area contributed by atoms with E-state index in [1.54, 1.807) is 24.3 Å². The number of phenols is 1. The first-order valence-corrected chi connectivity index (χ1v) is 7.69. The second kappa shape index (κ2) is 6.72. The Kier molecular flexibility index (Phi) is 5.66. The van der Waals surface area contributed by atoms with Crippen LogP contribution in [-0.2, 0) is 9.31 Å². The highest BCUT2D eigenvalue weighted by Gasteiger charge is 2.52. The maximum Gasteiger partial charge on any atom is 0.495 e. The lowest BCUT2D eigenvalue weighted by Crippen LogP contribution is -2.41. The number of phenolic OH excluding ortho intramolecular Hbond substituents is 1. The van der Waals surface area contributed by atoms with Crippen molar-refractivity contribution < 1.29 is 14.4 Å². The second-order valence-electron chi connectivity index (χ2n) is 6.03. The molecule has 0 spiro atoms. The van der Waals surface area contributed by atoms with E-state index >= 15 is 0 Å². The summed E-state index contributed by atoms with van der Waals surface area (Å²) in [5, 5.41) is 9.87. The molecule has 1 aromatic rings. The van der Waals surface area contributed by atoms with Gasteiger partial charge in [0.25, 0.3) is 0 Å². The molecule has 1 fully saturated rings. The molecule has 3 nitrogen and oxygen atoms in total. The molecule has 4 heteroatoms. The van der Waals surface area contributed by atoms with Crippen molar-refractivity contribution in [2.24, 2.45) is 0 Å². The molecule has 0 aromatic heterocycles. The van der Waals surface area contributed by atoms with Gasteiger partial charge in [-0.3, -0.25) is 0 Å². The molecule has 22 heavy (non-hydrogen) atoms. The minimum Gasteiger partial charge on any atom is -0.508 e. The summed E-state index contributed by atoms with van der Waals surface area (Å²) >= 11 is 0. The van der Waals surface area contributed by atoms with E-state index in [-0.39, 0.29) is 5.75 Å². The molecule has 1 N–H and O–H groups in total. The van der Waals surface area contributed by atoms with Crippen molar-refractivity contribution in [2.45, 2.75) is 52.7 Å². The van der Waals surface area contributed by atoms with E-state index in [9.17, 15) is 5.11 Å². The Morgan fingerprint density at radius 2 is 1.50 bits per heavy atom. The molecular weight excluding hydrogens is 275 g/mol. The molecule has 1 heterocycles. The quantitative estimate of drug-likeness (QED) is 0.858. The molecule has 0 radical (unpaired) electrons. The Labute approximate surface area is 134 Å². The highest BCUT2D eigenvalue weighted by Crippen LogP contribution is 2.37. The third kappa shape index (κ3) is 3.28. The van der Waals surface area contributed by atoms with Crippen molar-refractivity contribution in [3.63, 3.8) is 0 Å². The molecule has 0 saturated carbocycles. The fraction of sp³-hybridized carbons (Fsp3) is 0.444. The van der Waals surface area contributed by atoms with Gasteiger partial charge in [0.1, 0.15) is 5.75 Å². The summed E-state index contributed by atoms with van der Waals surface area (Å²) in [7, 11) is -0.529. The number of hydrogen-bond acceptors (Lipinski definition) is 3. The third-order valence-electron chi connectivity index (χ3n) is 4.16. The zero-order valence-corrected chi connectivity index (χ0v) is 14.6. The van der Waals surface area contributed by atoms with Crippen LogP contribution < -0.4 is 5.46 Å². The Morgan fingerprint density at radius 1 is 1.00 bits per heavy atom. The van der Waals surface area contributed by atoms with Crippen LogP contribution in [0.25, 0.3) is 12.2 Å². The van der Waals surface area contributed by atoms with Crippen LogP contribution in [0.4, 0.5) is 0 Å².